The molecule has 1 aromatic rings. The Morgan fingerprint density at radius 1 is 1.50 bits per heavy atom. The van der Waals surface area contributed by atoms with Crippen molar-refractivity contribution >= 4 is 5.69 Å². The van der Waals surface area contributed by atoms with Gasteiger partial charge in [0.15, 0.2) is 0 Å². The lowest BCUT2D eigenvalue weighted by molar-refractivity contribution is 0.0727. The quantitative estimate of drug-likeness (QED) is 0.823. The molecule has 0 amide bonds. The third kappa shape index (κ3) is 3.48. The highest BCUT2D eigenvalue weighted by molar-refractivity contribution is 5.46. The number of rotatable bonds is 6. The van der Waals surface area contributed by atoms with Crippen molar-refractivity contribution in [2.45, 2.75) is 32.4 Å². The van der Waals surface area contributed by atoms with Gasteiger partial charge in [0.2, 0.25) is 0 Å². The maximum atomic E-state index is 9.42. The topological polar surface area (TPSA) is 57.6 Å². The summed E-state index contributed by atoms with van der Waals surface area (Å²) in [6.07, 6.45) is 2.93. The molecule has 0 aromatic carbocycles. The van der Waals surface area contributed by atoms with Gasteiger partial charge in [0, 0.05) is 12.6 Å². The van der Waals surface area contributed by atoms with Crippen molar-refractivity contribution in [1.82, 2.24) is 10.3 Å². The number of hydrogen-bond acceptors (Lipinski definition) is 5. The third-order valence-corrected chi connectivity index (χ3v) is 3.76. The van der Waals surface area contributed by atoms with E-state index in [-0.39, 0.29) is 12.6 Å². The van der Waals surface area contributed by atoms with E-state index in [0.717, 1.165) is 30.9 Å². The standard InChI is InChI=1S/C15H25N3O2/c1-3-14(16-4-2)15-6-5-12(9-17-15)18-7-8-20-11-13(18)10-19/h5-6,9,13-14,16,19H,3-4,7-8,10-11H2,1-2H3. The second-order valence-electron chi connectivity index (χ2n) is 5.06. The van der Waals surface area contributed by atoms with Crippen LogP contribution < -0.4 is 10.2 Å². The first-order valence-corrected chi connectivity index (χ1v) is 7.44. The number of aliphatic hydroxyl groups is 1. The Morgan fingerprint density at radius 3 is 2.95 bits per heavy atom. The highest BCUT2D eigenvalue weighted by atomic mass is 16.5. The van der Waals surface area contributed by atoms with E-state index in [4.69, 9.17) is 4.74 Å². The normalized spacial score (nSPS) is 20.9. The molecule has 1 aliphatic rings. The van der Waals surface area contributed by atoms with Crippen molar-refractivity contribution in [2.24, 2.45) is 0 Å². The third-order valence-electron chi connectivity index (χ3n) is 3.76. The number of nitrogens with one attached hydrogen (secondary N) is 1. The van der Waals surface area contributed by atoms with Crippen LogP contribution in [0.1, 0.15) is 32.0 Å². The van der Waals surface area contributed by atoms with E-state index in [9.17, 15) is 5.11 Å². The highest BCUT2D eigenvalue weighted by Gasteiger charge is 2.23. The largest absolute Gasteiger partial charge is 0.394 e. The fraction of sp³-hybridized carbons (Fsp3) is 0.667. The number of aliphatic hydroxyl groups excluding tert-OH is 1. The van der Waals surface area contributed by atoms with Gasteiger partial charge in [-0.05, 0) is 25.1 Å². The molecule has 0 spiro atoms. The van der Waals surface area contributed by atoms with Gasteiger partial charge in [0.05, 0.1) is 43.4 Å². The van der Waals surface area contributed by atoms with Crippen molar-refractivity contribution in [3.8, 4) is 0 Å². The number of morpholine rings is 1. The van der Waals surface area contributed by atoms with Crippen LogP contribution in [0.3, 0.4) is 0 Å². The SMILES string of the molecule is CCNC(CC)c1ccc(N2CCOCC2CO)cn1. The number of hydrogen-bond donors (Lipinski definition) is 2. The Morgan fingerprint density at radius 2 is 2.35 bits per heavy atom. The summed E-state index contributed by atoms with van der Waals surface area (Å²) in [7, 11) is 0. The van der Waals surface area contributed by atoms with Crippen LogP contribution in [-0.4, -0.2) is 49.0 Å². The molecule has 5 heteroatoms. The molecule has 0 radical (unpaired) electrons. The minimum Gasteiger partial charge on any atom is -0.394 e. The van der Waals surface area contributed by atoms with Gasteiger partial charge < -0.3 is 20.1 Å². The summed E-state index contributed by atoms with van der Waals surface area (Å²) in [5.41, 5.74) is 2.13. The average molecular weight is 279 g/mol. The molecule has 2 unspecified atom stereocenters. The second kappa shape index (κ2) is 7.57. The smallest absolute Gasteiger partial charge is 0.0756 e. The zero-order valence-electron chi connectivity index (χ0n) is 12.4. The Kier molecular flexibility index (Phi) is 5.76. The van der Waals surface area contributed by atoms with Crippen molar-refractivity contribution < 1.29 is 9.84 Å². The molecule has 112 valence electrons. The molecule has 2 rings (SSSR count). The first-order valence-electron chi connectivity index (χ1n) is 7.44. The lowest BCUT2D eigenvalue weighted by atomic mass is 10.1. The summed E-state index contributed by atoms with van der Waals surface area (Å²) in [5, 5.41) is 12.9. The van der Waals surface area contributed by atoms with E-state index < -0.39 is 0 Å². The van der Waals surface area contributed by atoms with Gasteiger partial charge in [-0.15, -0.1) is 0 Å². The summed E-state index contributed by atoms with van der Waals surface area (Å²) < 4.78 is 5.40. The van der Waals surface area contributed by atoms with Crippen LogP contribution in [0, 0.1) is 0 Å². The van der Waals surface area contributed by atoms with Gasteiger partial charge >= 0.3 is 0 Å². The van der Waals surface area contributed by atoms with E-state index in [2.05, 4.69) is 41.2 Å². The van der Waals surface area contributed by atoms with Crippen LogP contribution in [0.5, 0.6) is 0 Å². The first-order chi connectivity index (χ1) is 9.80. The van der Waals surface area contributed by atoms with Gasteiger partial charge in [0.1, 0.15) is 0 Å². The molecule has 5 nitrogen and oxygen atoms in total. The van der Waals surface area contributed by atoms with Gasteiger partial charge in [-0.25, -0.2) is 0 Å². The summed E-state index contributed by atoms with van der Waals surface area (Å²) in [5.74, 6) is 0. The predicted octanol–water partition coefficient (Wildman–Crippen LogP) is 1.34. The zero-order valence-corrected chi connectivity index (χ0v) is 12.4. The molecule has 2 atom stereocenters. The van der Waals surface area contributed by atoms with E-state index in [1.807, 2.05) is 6.20 Å². The van der Waals surface area contributed by atoms with Gasteiger partial charge in [-0.2, -0.15) is 0 Å². The molecule has 0 aliphatic carbocycles. The van der Waals surface area contributed by atoms with Crippen LogP contribution in [0.15, 0.2) is 18.3 Å². The van der Waals surface area contributed by atoms with Crippen molar-refractivity contribution in [3.05, 3.63) is 24.0 Å². The maximum Gasteiger partial charge on any atom is 0.0756 e. The average Bonchev–Trinajstić information content (AvgIpc) is 2.53. The van der Waals surface area contributed by atoms with Crippen molar-refractivity contribution in [3.63, 3.8) is 0 Å². The van der Waals surface area contributed by atoms with E-state index >= 15 is 0 Å². The number of nitrogens with zero attached hydrogens (tertiary/aromatic N) is 2. The second-order valence-corrected chi connectivity index (χ2v) is 5.06. The lowest BCUT2D eigenvalue weighted by Gasteiger charge is -2.36. The molecular weight excluding hydrogens is 254 g/mol. The molecule has 0 bridgehead atoms. The first kappa shape index (κ1) is 15.2. The number of aromatic nitrogens is 1. The highest BCUT2D eigenvalue weighted by Crippen LogP contribution is 2.21. The van der Waals surface area contributed by atoms with Gasteiger partial charge in [-0.1, -0.05) is 13.8 Å². The lowest BCUT2D eigenvalue weighted by Crippen LogP contribution is -2.47. The fourth-order valence-electron chi connectivity index (χ4n) is 2.62. The fourth-order valence-corrected chi connectivity index (χ4v) is 2.62. The predicted molar refractivity (Wildman–Crippen MR) is 80.0 cm³/mol. The molecule has 0 saturated carbocycles. The Labute approximate surface area is 121 Å². The minimum atomic E-state index is 0.0344. The number of anilines is 1. The van der Waals surface area contributed by atoms with Crippen LogP contribution >= 0.6 is 0 Å². The Hall–Kier alpha value is -1.17. The molecule has 2 N–H and O–H groups in total. The summed E-state index contributed by atoms with van der Waals surface area (Å²) in [6.45, 7) is 7.40. The van der Waals surface area contributed by atoms with Crippen LogP contribution in [0.2, 0.25) is 0 Å². The van der Waals surface area contributed by atoms with E-state index in [1.54, 1.807) is 0 Å². The van der Waals surface area contributed by atoms with Crippen molar-refractivity contribution in [1.29, 1.82) is 0 Å². The summed E-state index contributed by atoms with van der Waals surface area (Å²) in [6, 6.07) is 4.52. The molecule has 20 heavy (non-hydrogen) atoms. The summed E-state index contributed by atoms with van der Waals surface area (Å²) in [4.78, 5) is 6.76. The molecular formula is C15H25N3O2. The zero-order chi connectivity index (χ0) is 14.4. The maximum absolute atomic E-state index is 9.42. The molecule has 1 aliphatic heterocycles. The minimum absolute atomic E-state index is 0.0344. The number of ether oxygens (including phenoxy) is 1. The van der Waals surface area contributed by atoms with E-state index in [0.29, 0.717) is 19.3 Å². The van der Waals surface area contributed by atoms with Crippen molar-refractivity contribution in [2.75, 3.05) is 37.8 Å². The molecule has 1 aromatic heterocycles. The Balaban J connectivity index is 2.10. The Bertz CT molecular complexity index is 397. The number of pyridine rings is 1. The van der Waals surface area contributed by atoms with Gasteiger partial charge in [0.25, 0.3) is 0 Å². The van der Waals surface area contributed by atoms with Crippen LogP contribution in [0.25, 0.3) is 0 Å². The van der Waals surface area contributed by atoms with E-state index in [1.165, 1.54) is 0 Å². The monoisotopic (exact) mass is 279 g/mol. The van der Waals surface area contributed by atoms with Crippen LogP contribution in [-0.2, 0) is 4.74 Å². The molecule has 2 heterocycles. The molecule has 1 saturated heterocycles. The summed E-state index contributed by atoms with van der Waals surface area (Å²) >= 11 is 0. The van der Waals surface area contributed by atoms with Gasteiger partial charge in [-0.3, -0.25) is 4.98 Å². The molecule has 1 fully saturated rings. The van der Waals surface area contributed by atoms with Crippen LogP contribution in [0.4, 0.5) is 5.69 Å².